The number of nitrogens with zero attached hydrogens (tertiary/aromatic N) is 1. The number of nitro groups is 1. The van der Waals surface area contributed by atoms with Gasteiger partial charge in [0.05, 0.1) is 11.0 Å². The first-order valence-electron chi connectivity index (χ1n) is 6.41. The van der Waals surface area contributed by atoms with E-state index in [1.54, 1.807) is 36.4 Å². The third-order valence-electron chi connectivity index (χ3n) is 3.02. The molecule has 0 saturated heterocycles. The van der Waals surface area contributed by atoms with Gasteiger partial charge >= 0.3 is 0 Å². The molecule has 0 aliphatic rings. The summed E-state index contributed by atoms with van der Waals surface area (Å²) in [5.41, 5.74) is 0.758. The molecule has 1 atom stereocenters. The molecule has 0 unspecified atom stereocenters. The number of rotatable bonds is 5. The molecule has 0 bridgehead atoms. The van der Waals surface area contributed by atoms with Gasteiger partial charge in [-0.1, -0.05) is 25.1 Å². The fourth-order valence-electron chi connectivity index (χ4n) is 1.84. The average Bonchev–Trinajstić information content (AvgIpc) is 2.49. The van der Waals surface area contributed by atoms with Crippen LogP contribution in [0.3, 0.4) is 0 Å². The van der Waals surface area contributed by atoms with Crippen LogP contribution in [0, 0.1) is 10.1 Å². The van der Waals surface area contributed by atoms with Gasteiger partial charge in [0.2, 0.25) is 0 Å². The lowest BCUT2D eigenvalue weighted by atomic mass is 10.1. The number of benzene rings is 2. The second-order valence-electron chi connectivity index (χ2n) is 4.44. The summed E-state index contributed by atoms with van der Waals surface area (Å²) in [5, 5.41) is 20.6. The molecule has 0 radical (unpaired) electrons. The molecule has 0 fully saturated rings. The molecule has 0 aliphatic carbocycles. The molecule has 5 nitrogen and oxygen atoms in total. The van der Waals surface area contributed by atoms with Crippen molar-refractivity contribution in [1.29, 1.82) is 0 Å². The third kappa shape index (κ3) is 3.59. The summed E-state index contributed by atoms with van der Waals surface area (Å²) in [6.45, 7) is 1.90. The minimum Gasteiger partial charge on any atom is -0.456 e. The van der Waals surface area contributed by atoms with Crippen LogP contribution in [0.25, 0.3) is 0 Å². The van der Waals surface area contributed by atoms with Crippen LogP contribution in [0.15, 0.2) is 46.9 Å². The number of nitro benzene ring substituents is 1. The predicted octanol–water partition coefficient (Wildman–Crippen LogP) is 4.59. The van der Waals surface area contributed by atoms with E-state index in [9.17, 15) is 15.2 Å². The van der Waals surface area contributed by atoms with Gasteiger partial charge in [0.15, 0.2) is 0 Å². The zero-order valence-corrected chi connectivity index (χ0v) is 12.9. The van der Waals surface area contributed by atoms with Crippen LogP contribution >= 0.6 is 15.9 Å². The van der Waals surface area contributed by atoms with E-state index in [-0.39, 0.29) is 5.69 Å². The fraction of sp³-hybridized carbons (Fsp3) is 0.200. The van der Waals surface area contributed by atoms with Gasteiger partial charge in [-0.25, -0.2) is 0 Å². The highest BCUT2D eigenvalue weighted by Crippen LogP contribution is 2.36. The minimum atomic E-state index is -0.497. The Bertz CT molecular complexity index is 643. The van der Waals surface area contributed by atoms with Crippen LogP contribution in [0.2, 0.25) is 0 Å². The van der Waals surface area contributed by atoms with E-state index in [0.29, 0.717) is 22.4 Å². The third-order valence-corrected chi connectivity index (χ3v) is 3.82. The molecule has 1 N–H and O–H groups in total. The number of aliphatic hydroxyl groups excluding tert-OH is 1. The lowest BCUT2D eigenvalue weighted by Crippen LogP contribution is -1.95. The summed E-state index contributed by atoms with van der Waals surface area (Å²) in [6.07, 6.45) is 0.139. The summed E-state index contributed by atoms with van der Waals surface area (Å²) in [7, 11) is 0. The Morgan fingerprint density at radius 2 is 1.95 bits per heavy atom. The Balaban J connectivity index is 2.22. The number of hydrogen-bond donors (Lipinski definition) is 1. The maximum Gasteiger partial charge on any atom is 0.287 e. The quantitative estimate of drug-likeness (QED) is 0.631. The van der Waals surface area contributed by atoms with Gasteiger partial charge in [0.25, 0.3) is 5.69 Å². The van der Waals surface area contributed by atoms with Crippen molar-refractivity contribution < 1.29 is 14.8 Å². The SMILES string of the molecule is CC[C@H](O)c1ccc(Oc2cccc([N+](=O)[O-])c2Br)cc1. The summed E-state index contributed by atoms with van der Waals surface area (Å²) in [6, 6.07) is 11.6. The lowest BCUT2D eigenvalue weighted by molar-refractivity contribution is -0.385. The topological polar surface area (TPSA) is 72.6 Å². The Kier molecular flexibility index (Phi) is 4.93. The molecule has 21 heavy (non-hydrogen) atoms. The van der Waals surface area contributed by atoms with Crippen LogP contribution in [0.1, 0.15) is 25.0 Å². The summed E-state index contributed by atoms with van der Waals surface area (Å²) >= 11 is 3.18. The van der Waals surface area contributed by atoms with Crippen LogP contribution in [-0.4, -0.2) is 10.0 Å². The molecule has 110 valence electrons. The number of ether oxygens (including phenoxy) is 1. The standard InChI is InChI=1S/C15H14BrNO4/c1-2-13(18)10-6-8-11(9-7-10)21-14-5-3-4-12(15(14)16)17(19)20/h3-9,13,18H,2H2,1H3/t13-/m0/s1. The molecule has 0 amide bonds. The van der Waals surface area contributed by atoms with E-state index in [4.69, 9.17) is 4.74 Å². The fourth-order valence-corrected chi connectivity index (χ4v) is 2.33. The van der Waals surface area contributed by atoms with E-state index in [1.807, 2.05) is 6.92 Å². The average molecular weight is 352 g/mol. The minimum absolute atomic E-state index is 0.0504. The van der Waals surface area contributed by atoms with Crippen molar-refractivity contribution in [3.05, 3.63) is 62.6 Å². The molecule has 2 aromatic carbocycles. The van der Waals surface area contributed by atoms with Crippen LogP contribution < -0.4 is 4.74 Å². The normalized spacial score (nSPS) is 12.0. The zero-order chi connectivity index (χ0) is 15.4. The smallest absolute Gasteiger partial charge is 0.287 e. The monoisotopic (exact) mass is 351 g/mol. The van der Waals surface area contributed by atoms with Crippen molar-refractivity contribution in [3.63, 3.8) is 0 Å². The van der Waals surface area contributed by atoms with Crippen LogP contribution in [-0.2, 0) is 0 Å². The van der Waals surface area contributed by atoms with Crippen molar-refractivity contribution >= 4 is 21.6 Å². The molecule has 2 aromatic rings. The van der Waals surface area contributed by atoms with Gasteiger partial charge in [-0.3, -0.25) is 10.1 Å². The number of aliphatic hydroxyl groups is 1. The summed E-state index contributed by atoms with van der Waals surface area (Å²) in [5.74, 6) is 0.913. The van der Waals surface area contributed by atoms with Crippen molar-refractivity contribution in [2.45, 2.75) is 19.4 Å². The molecule has 0 aliphatic heterocycles. The lowest BCUT2D eigenvalue weighted by Gasteiger charge is -2.11. The second kappa shape index (κ2) is 6.69. The summed E-state index contributed by atoms with van der Waals surface area (Å²) in [4.78, 5) is 10.4. The van der Waals surface area contributed by atoms with E-state index in [2.05, 4.69) is 15.9 Å². The number of hydrogen-bond acceptors (Lipinski definition) is 4. The van der Waals surface area contributed by atoms with E-state index in [0.717, 1.165) is 5.56 Å². The first kappa shape index (κ1) is 15.5. The molecule has 0 saturated carbocycles. The van der Waals surface area contributed by atoms with Crippen molar-refractivity contribution in [2.75, 3.05) is 0 Å². The Morgan fingerprint density at radius 1 is 1.29 bits per heavy atom. The van der Waals surface area contributed by atoms with E-state index in [1.165, 1.54) is 6.07 Å². The Hall–Kier alpha value is -1.92. The highest BCUT2D eigenvalue weighted by atomic mass is 79.9. The number of halogens is 1. The molecule has 2 rings (SSSR count). The molecular weight excluding hydrogens is 338 g/mol. The molecule has 0 aromatic heterocycles. The van der Waals surface area contributed by atoms with Gasteiger partial charge < -0.3 is 9.84 Å². The maximum absolute atomic E-state index is 10.9. The highest BCUT2D eigenvalue weighted by Gasteiger charge is 2.16. The van der Waals surface area contributed by atoms with E-state index >= 15 is 0 Å². The summed E-state index contributed by atoms with van der Waals surface area (Å²) < 4.78 is 5.93. The second-order valence-corrected chi connectivity index (χ2v) is 5.23. The van der Waals surface area contributed by atoms with Crippen molar-refractivity contribution in [1.82, 2.24) is 0 Å². The van der Waals surface area contributed by atoms with Gasteiger partial charge in [-0.05, 0) is 46.1 Å². The van der Waals surface area contributed by atoms with Gasteiger partial charge in [0, 0.05) is 6.07 Å². The van der Waals surface area contributed by atoms with E-state index < -0.39 is 11.0 Å². The van der Waals surface area contributed by atoms with Crippen LogP contribution in [0.4, 0.5) is 5.69 Å². The van der Waals surface area contributed by atoms with Crippen LogP contribution in [0.5, 0.6) is 11.5 Å². The molecular formula is C15H14BrNO4. The van der Waals surface area contributed by atoms with Gasteiger partial charge in [0.1, 0.15) is 16.0 Å². The molecule has 0 spiro atoms. The first-order chi connectivity index (χ1) is 10.0. The highest BCUT2D eigenvalue weighted by molar-refractivity contribution is 9.10. The Morgan fingerprint density at radius 3 is 2.52 bits per heavy atom. The largest absolute Gasteiger partial charge is 0.456 e. The van der Waals surface area contributed by atoms with Crippen molar-refractivity contribution in [3.8, 4) is 11.5 Å². The molecule has 0 heterocycles. The van der Waals surface area contributed by atoms with Crippen molar-refractivity contribution in [2.24, 2.45) is 0 Å². The van der Waals surface area contributed by atoms with Gasteiger partial charge in [-0.15, -0.1) is 0 Å². The predicted molar refractivity (Wildman–Crippen MR) is 82.6 cm³/mol. The molecule has 6 heteroatoms. The zero-order valence-electron chi connectivity index (χ0n) is 11.3. The van der Waals surface area contributed by atoms with Gasteiger partial charge in [-0.2, -0.15) is 0 Å². The Labute approximate surface area is 130 Å². The first-order valence-corrected chi connectivity index (χ1v) is 7.21. The maximum atomic E-state index is 10.9.